The van der Waals surface area contributed by atoms with Crippen molar-refractivity contribution in [2.45, 2.75) is 57.8 Å². The predicted octanol–water partition coefficient (Wildman–Crippen LogP) is 3.03. The molecular weight excluding hydrogens is 198 g/mol. The monoisotopic (exact) mass is 223 g/mol. The van der Waals surface area contributed by atoms with E-state index >= 15 is 0 Å². The van der Waals surface area contributed by atoms with Crippen LogP contribution in [-0.4, -0.2) is 16.5 Å². The molecule has 0 saturated heterocycles. The van der Waals surface area contributed by atoms with Gasteiger partial charge in [0, 0.05) is 11.9 Å². The molecule has 1 heterocycles. The molecule has 0 aliphatic carbocycles. The number of rotatable bonds is 10. The van der Waals surface area contributed by atoms with Crippen LogP contribution in [0.15, 0.2) is 12.5 Å². The summed E-state index contributed by atoms with van der Waals surface area (Å²) in [5.41, 5.74) is 6.71. The molecule has 0 radical (unpaired) electrons. The molecule has 92 valence electrons. The van der Waals surface area contributed by atoms with E-state index in [2.05, 4.69) is 9.97 Å². The molecule has 0 atom stereocenters. The highest BCUT2D eigenvalue weighted by Gasteiger charge is 1.94. The number of hydrogen-bond donors (Lipinski definition) is 2. The molecule has 0 fully saturated rings. The first kappa shape index (κ1) is 13.2. The van der Waals surface area contributed by atoms with Gasteiger partial charge in [0.25, 0.3) is 0 Å². The normalized spacial score (nSPS) is 10.8. The average molecular weight is 223 g/mol. The Morgan fingerprint density at radius 2 is 1.56 bits per heavy atom. The van der Waals surface area contributed by atoms with E-state index in [9.17, 15) is 0 Å². The molecule has 3 nitrogen and oxygen atoms in total. The van der Waals surface area contributed by atoms with Crippen molar-refractivity contribution in [3.05, 3.63) is 18.2 Å². The Morgan fingerprint density at radius 1 is 0.938 bits per heavy atom. The number of hydrogen-bond acceptors (Lipinski definition) is 2. The molecule has 3 heteroatoms. The van der Waals surface area contributed by atoms with E-state index in [4.69, 9.17) is 5.73 Å². The topological polar surface area (TPSA) is 54.7 Å². The second-order valence-electron chi connectivity index (χ2n) is 4.44. The van der Waals surface area contributed by atoms with Crippen LogP contribution in [-0.2, 0) is 6.42 Å². The maximum absolute atomic E-state index is 5.45. The third-order valence-electron chi connectivity index (χ3n) is 2.96. The fourth-order valence-corrected chi connectivity index (χ4v) is 1.94. The van der Waals surface area contributed by atoms with E-state index in [1.54, 1.807) is 6.33 Å². The van der Waals surface area contributed by atoms with Crippen LogP contribution < -0.4 is 5.73 Å². The molecule has 0 spiro atoms. The summed E-state index contributed by atoms with van der Waals surface area (Å²) >= 11 is 0. The summed E-state index contributed by atoms with van der Waals surface area (Å²) in [6.07, 6.45) is 15.4. The second kappa shape index (κ2) is 9.40. The fourth-order valence-electron chi connectivity index (χ4n) is 1.94. The highest BCUT2D eigenvalue weighted by molar-refractivity contribution is 4.93. The number of nitrogens with one attached hydrogen (secondary N) is 1. The first-order chi connectivity index (χ1) is 7.93. The van der Waals surface area contributed by atoms with Crippen molar-refractivity contribution in [3.63, 3.8) is 0 Å². The Morgan fingerprint density at radius 3 is 2.12 bits per heavy atom. The number of H-pyrrole nitrogens is 1. The van der Waals surface area contributed by atoms with Gasteiger partial charge in [-0.3, -0.25) is 0 Å². The molecule has 0 aliphatic heterocycles. The summed E-state index contributed by atoms with van der Waals surface area (Å²) in [5.74, 6) is 0. The van der Waals surface area contributed by atoms with Crippen LogP contribution in [0, 0.1) is 0 Å². The van der Waals surface area contributed by atoms with Gasteiger partial charge in [0.2, 0.25) is 0 Å². The number of imidazole rings is 1. The molecule has 0 saturated carbocycles. The van der Waals surface area contributed by atoms with Gasteiger partial charge in [-0.1, -0.05) is 38.5 Å². The van der Waals surface area contributed by atoms with Gasteiger partial charge in [0.15, 0.2) is 0 Å². The van der Waals surface area contributed by atoms with Crippen molar-refractivity contribution in [1.29, 1.82) is 0 Å². The van der Waals surface area contributed by atoms with Gasteiger partial charge in [0.05, 0.1) is 6.33 Å². The van der Waals surface area contributed by atoms with Gasteiger partial charge in [-0.25, -0.2) is 4.98 Å². The van der Waals surface area contributed by atoms with E-state index in [0.29, 0.717) is 0 Å². The minimum absolute atomic E-state index is 0.851. The molecule has 0 bridgehead atoms. The third-order valence-corrected chi connectivity index (χ3v) is 2.96. The van der Waals surface area contributed by atoms with Gasteiger partial charge < -0.3 is 10.7 Å². The van der Waals surface area contributed by atoms with Crippen molar-refractivity contribution in [3.8, 4) is 0 Å². The summed E-state index contributed by atoms with van der Waals surface area (Å²) in [7, 11) is 0. The highest BCUT2D eigenvalue weighted by Crippen LogP contribution is 2.09. The van der Waals surface area contributed by atoms with E-state index in [1.165, 1.54) is 57.1 Å². The molecule has 3 N–H and O–H groups in total. The predicted molar refractivity (Wildman–Crippen MR) is 68.3 cm³/mol. The van der Waals surface area contributed by atoms with Crippen LogP contribution in [0.2, 0.25) is 0 Å². The van der Waals surface area contributed by atoms with E-state index in [0.717, 1.165) is 13.0 Å². The fraction of sp³-hybridized carbons (Fsp3) is 0.769. The van der Waals surface area contributed by atoms with Gasteiger partial charge in [-0.05, 0) is 25.8 Å². The number of aryl methyl sites for hydroxylation is 1. The van der Waals surface area contributed by atoms with Gasteiger partial charge >= 0.3 is 0 Å². The Kier molecular flexibility index (Phi) is 7.78. The minimum atomic E-state index is 0.851. The number of aromatic amines is 1. The molecule has 0 aliphatic rings. The standard InChI is InChI=1S/C13H25N3/c14-10-8-6-4-2-1-3-5-7-9-13-11-15-12-16-13/h11-12H,1-10,14H2,(H,15,16). The Balaban J connectivity index is 1.78. The Hall–Kier alpha value is -0.830. The molecule has 1 rings (SSSR count). The third kappa shape index (κ3) is 6.62. The zero-order valence-corrected chi connectivity index (χ0v) is 10.3. The SMILES string of the molecule is NCCCCCCCCCCc1cnc[nH]1. The lowest BCUT2D eigenvalue weighted by Gasteiger charge is -2.01. The van der Waals surface area contributed by atoms with Crippen molar-refractivity contribution in [2.24, 2.45) is 5.73 Å². The number of nitrogens with zero attached hydrogens (tertiary/aromatic N) is 1. The minimum Gasteiger partial charge on any atom is -0.348 e. The van der Waals surface area contributed by atoms with Crippen LogP contribution >= 0.6 is 0 Å². The molecule has 16 heavy (non-hydrogen) atoms. The maximum Gasteiger partial charge on any atom is 0.0921 e. The molecule has 0 aromatic carbocycles. The quantitative estimate of drug-likeness (QED) is 0.599. The molecule has 1 aromatic heterocycles. The average Bonchev–Trinajstić information content (AvgIpc) is 2.80. The molecular formula is C13H25N3. The smallest absolute Gasteiger partial charge is 0.0921 e. The molecule has 0 amide bonds. The summed E-state index contributed by atoms with van der Waals surface area (Å²) in [4.78, 5) is 7.15. The first-order valence-corrected chi connectivity index (χ1v) is 6.61. The summed E-state index contributed by atoms with van der Waals surface area (Å²) in [5, 5.41) is 0. The van der Waals surface area contributed by atoms with Crippen LogP contribution in [0.1, 0.15) is 57.1 Å². The summed E-state index contributed by atoms with van der Waals surface area (Å²) in [6.45, 7) is 0.851. The Bertz CT molecular complexity index is 231. The lowest BCUT2D eigenvalue weighted by atomic mass is 10.1. The van der Waals surface area contributed by atoms with E-state index in [-0.39, 0.29) is 0 Å². The van der Waals surface area contributed by atoms with Crippen molar-refractivity contribution < 1.29 is 0 Å². The van der Waals surface area contributed by atoms with E-state index < -0.39 is 0 Å². The zero-order chi connectivity index (χ0) is 11.5. The van der Waals surface area contributed by atoms with Crippen LogP contribution in [0.25, 0.3) is 0 Å². The molecule has 0 unspecified atom stereocenters. The lowest BCUT2D eigenvalue weighted by Crippen LogP contribution is -1.97. The number of unbranched alkanes of at least 4 members (excludes halogenated alkanes) is 7. The first-order valence-electron chi connectivity index (χ1n) is 6.61. The Labute approximate surface area is 98.8 Å². The van der Waals surface area contributed by atoms with Crippen molar-refractivity contribution >= 4 is 0 Å². The van der Waals surface area contributed by atoms with Crippen molar-refractivity contribution in [2.75, 3.05) is 6.54 Å². The van der Waals surface area contributed by atoms with Gasteiger partial charge in [-0.15, -0.1) is 0 Å². The molecule has 1 aromatic rings. The summed E-state index contributed by atoms with van der Waals surface area (Å²) in [6, 6.07) is 0. The van der Waals surface area contributed by atoms with Crippen LogP contribution in [0.5, 0.6) is 0 Å². The number of aromatic nitrogens is 2. The van der Waals surface area contributed by atoms with Gasteiger partial charge in [0.1, 0.15) is 0 Å². The highest BCUT2D eigenvalue weighted by atomic mass is 14.9. The van der Waals surface area contributed by atoms with Crippen LogP contribution in [0.4, 0.5) is 0 Å². The van der Waals surface area contributed by atoms with Gasteiger partial charge in [-0.2, -0.15) is 0 Å². The number of nitrogens with two attached hydrogens (primary N) is 1. The second-order valence-corrected chi connectivity index (χ2v) is 4.44. The van der Waals surface area contributed by atoms with E-state index in [1.807, 2.05) is 6.20 Å². The lowest BCUT2D eigenvalue weighted by molar-refractivity contribution is 0.569. The van der Waals surface area contributed by atoms with Crippen LogP contribution in [0.3, 0.4) is 0 Å². The maximum atomic E-state index is 5.45. The largest absolute Gasteiger partial charge is 0.348 e. The summed E-state index contributed by atoms with van der Waals surface area (Å²) < 4.78 is 0. The zero-order valence-electron chi connectivity index (χ0n) is 10.3. The van der Waals surface area contributed by atoms with Crippen molar-refractivity contribution in [1.82, 2.24) is 9.97 Å².